The topological polar surface area (TPSA) is 101 Å². The van der Waals surface area contributed by atoms with E-state index in [0.29, 0.717) is 6.42 Å². The Labute approximate surface area is 135 Å². The van der Waals surface area contributed by atoms with Crippen molar-refractivity contribution in [3.05, 3.63) is 46.8 Å². The molecule has 8 heteroatoms. The van der Waals surface area contributed by atoms with Gasteiger partial charge in [0.15, 0.2) is 0 Å². The second-order valence-electron chi connectivity index (χ2n) is 5.25. The molecule has 0 radical (unpaired) electrons. The summed E-state index contributed by atoms with van der Waals surface area (Å²) >= 11 is 0. The quantitative estimate of drug-likeness (QED) is 0.826. The van der Waals surface area contributed by atoms with Crippen LogP contribution in [0.4, 0.5) is 0 Å². The van der Waals surface area contributed by atoms with E-state index >= 15 is 0 Å². The summed E-state index contributed by atoms with van der Waals surface area (Å²) in [5, 5.41) is 13.1. The fourth-order valence-corrected chi connectivity index (χ4v) is 3.38. The van der Waals surface area contributed by atoms with Crippen molar-refractivity contribution in [1.82, 2.24) is 14.5 Å². The van der Waals surface area contributed by atoms with Gasteiger partial charge in [-0.15, -0.1) is 0 Å². The van der Waals surface area contributed by atoms with Crippen LogP contribution in [0.25, 0.3) is 0 Å². The van der Waals surface area contributed by atoms with Crippen molar-refractivity contribution in [2.45, 2.75) is 25.2 Å². The highest BCUT2D eigenvalue weighted by molar-refractivity contribution is 7.89. The first kappa shape index (κ1) is 17.2. The first-order valence-electron chi connectivity index (χ1n) is 7.04. The van der Waals surface area contributed by atoms with E-state index in [2.05, 4.69) is 9.82 Å². The van der Waals surface area contributed by atoms with E-state index in [1.54, 1.807) is 4.68 Å². The maximum absolute atomic E-state index is 12.2. The van der Waals surface area contributed by atoms with Crippen LogP contribution < -0.4 is 4.72 Å². The van der Waals surface area contributed by atoms with Crippen LogP contribution in [0.5, 0.6) is 0 Å². The molecule has 0 saturated heterocycles. The van der Waals surface area contributed by atoms with E-state index in [1.165, 1.54) is 24.3 Å². The molecule has 1 heterocycles. The van der Waals surface area contributed by atoms with Crippen molar-refractivity contribution >= 4 is 16.0 Å². The van der Waals surface area contributed by atoms with Crippen molar-refractivity contribution in [1.29, 1.82) is 0 Å². The molecule has 2 aromatic rings. The minimum atomic E-state index is -3.66. The predicted molar refractivity (Wildman–Crippen MR) is 85.0 cm³/mol. The van der Waals surface area contributed by atoms with E-state index in [-0.39, 0.29) is 17.0 Å². The summed E-state index contributed by atoms with van der Waals surface area (Å²) in [5.41, 5.74) is 2.96. The van der Waals surface area contributed by atoms with Crippen LogP contribution in [-0.4, -0.2) is 35.8 Å². The van der Waals surface area contributed by atoms with Crippen LogP contribution in [0.15, 0.2) is 29.2 Å². The van der Waals surface area contributed by atoms with Gasteiger partial charge in [0.05, 0.1) is 16.2 Å². The highest BCUT2D eigenvalue weighted by Gasteiger charge is 2.15. The van der Waals surface area contributed by atoms with Gasteiger partial charge in [0.25, 0.3) is 0 Å². The Kier molecular flexibility index (Phi) is 4.86. The molecule has 23 heavy (non-hydrogen) atoms. The number of sulfonamides is 1. The summed E-state index contributed by atoms with van der Waals surface area (Å²) in [5.74, 6) is -1.09. The highest BCUT2D eigenvalue weighted by Crippen LogP contribution is 2.13. The molecule has 0 bridgehead atoms. The normalized spacial score (nSPS) is 11.6. The number of carbonyl (C=O) groups is 1. The SMILES string of the molecule is Cc1nn(C)c(C)c1CCNS(=O)(=O)c1ccc(C(=O)O)cc1. The number of benzene rings is 1. The lowest BCUT2D eigenvalue weighted by Crippen LogP contribution is -2.26. The number of hydrogen-bond acceptors (Lipinski definition) is 4. The summed E-state index contributed by atoms with van der Waals surface area (Å²) in [6.07, 6.45) is 0.540. The van der Waals surface area contributed by atoms with E-state index in [4.69, 9.17) is 5.11 Å². The van der Waals surface area contributed by atoms with Gasteiger partial charge in [-0.3, -0.25) is 4.68 Å². The Morgan fingerprint density at radius 1 is 1.26 bits per heavy atom. The van der Waals surface area contributed by atoms with Gasteiger partial charge in [-0.25, -0.2) is 17.9 Å². The minimum absolute atomic E-state index is 0.0436. The fraction of sp³-hybridized carbons (Fsp3) is 0.333. The van der Waals surface area contributed by atoms with Gasteiger partial charge in [-0.2, -0.15) is 5.10 Å². The average Bonchev–Trinajstić information content (AvgIpc) is 2.73. The van der Waals surface area contributed by atoms with Gasteiger partial charge in [-0.05, 0) is 50.1 Å². The molecule has 0 aliphatic heterocycles. The summed E-state index contributed by atoms with van der Waals surface area (Å²) < 4.78 is 28.7. The molecular formula is C15H19N3O4S. The lowest BCUT2D eigenvalue weighted by Gasteiger charge is -2.07. The molecule has 0 atom stereocenters. The lowest BCUT2D eigenvalue weighted by molar-refractivity contribution is 0.0696. The molecule has 2 N–H and O–H groups in total. The summed E-state index contributed by atoms with van der Waals surface area (Å²) in [6.45, 7) is 4.08. The van der Waals surface area contributed by atoms with Crippen molar-refractivity contribution in [2.24, 2.45) is 7.05 Å². The maximum Gasteiger partial charge on any atom is 0.335 e. The zero-order valence-corrected chi connectivity index (χ0v) is 14.0. The molecule has 1 aromatic carbocycles. The smallest absolute Gasteiger partial charge is 0.335 e. The molecule has 0 aliphatic rings. The van der Waals surface area contributed by atoms with Crippen LogP contribution in [0.3, 0.4) is 0 Å². The van der Waals surface area contributed by atoms with Crippen molar-refractivity contribution in [3.8, 4) is 0 Å². The minimum Gasteiger partial charge on any atom is -0.478 e. The average molecular weight is 337 g/mol. The number of nitrogens with one attached hydrogen (secondary N) is 1. The monoisotopic (exact) mass is 337 g/mol. The Morgan fingerprint density at radius 2 is 1.87 bits per heavy atom. The molecule has 0 saturated carbocycles. The number of carboxylic acids is 1. The number of carboxylic acid groups (broad SMARTS) is 1. The van der Waals surface area contributed by atoms with Gasteiger partial charge >= 0.3 is 5.97 Å². The third kappa shape index (κ3) is 3.77. The molecular weight excluding hydrogens is 318 g/mol. The second kappa shape index (κ2) is 6.51. The molecule has 0 unspecified atom stereocenters. The Hall–Kier alpha value is -2.19. The van der Waals surface area contributed by atoms with E-state index in [1.807, 2.05) is 20.9 Å². The summed E-state index contributed by atoms with van der Waals surface area (Å²) in [6, 6.07) is 5.11. The van der Waals surface area contributed by atoms with Gasteiger partial charge in [0, 0.05) is 19.3 Å². The standard InChI is InChI=1S/C15H19N3O4S/c1-10-14(11(2)18(3)17-10)8-9-16-23(21,22)13-6-4-12(5-7-13)15(19)20/h4-7,16H,8-9H2,1-3H3,(H,19,20). The summed E-state index contributed by atoms with van der Waals surface area (Å²) in [7, 11) is -1.81. The van der Waals surface area contributed by atoms with E-state index < -0.39 is 16.0 Å². The largest absolute Gasteiger partial charge is 0.478 e. The zero-order chi connectivity index (χ0) is 17.2. The van der Waals surface area contributed by atoms with Gasteiger partial charge < -0.3 is 5.11 Å². The van der Waals surface area contributed by atoms with Crippen LogP contribution in [-0.2, 0) is 23.5 Å². The van der Waals surface area contributed by atoms with Crippen molar-refractivity contribution in [2.75, 3.05) is 6.54 Å². The van der Waals surface area contributed by atoms with Gasteiger partial charge in [-0.1, -0.05) is 0 Å². The van der Waals surface area contributed by atoms with Gasteiger partial charge in [0.1, 0.15) is 0 Å². The van der Waals surface area contributed by atoms with E-state index in [0.717, 1.165) is 17.0 Å². The molecule has 0 fully saturated rings. The molecule has 124 valence electrons. The molecule has 7 nitrogen and oxygen atoms in total. The van der Waals surface area contributed by atoms with Crippen LogP contribution in [0.1, 0.15) is 27.3 Å². The Morgan fingerprint density at radius 3 is 2.35 bits per heavy atom. The predicted octanol–water partition coefficient (Wildman–Crippen LogP) is 1.26. The number of aryl methyl sites for hydroxylation is 2. The Balaban J connectivity index is 2.05. The molecule has 0 amide bonds. The number of nitrogens with zero attached hydrogens (tertiary/aromatic N) is 2. The van der Waals surface area contributed by atoms with Crippen molar-refractivity contribution < 1.29 is 18.3 Å². The molecule has 0 aliphatic carbocycles. The molecule has 2 rings (SSSR count). The second-order valence-corrected chi connectivity index (χ2v) is 7.02. The van der Waals surface area contributed by atoms with Crippen LogP contribution in [0.2, 0.25) is 0 Å². The number of aromatic carboxylic acids is 1. The highest BCUT2D eigenvalue weighted by atomic mass is 32.2. The first-order valence-corrected chi connectivity index (χ1v) is 8.53. The first-order chi connectivity index (χ1) is 10.7. The van der Waals surface area contributed by atoms with Crippen molar-refractivity contribution in [3.63, 3.8) is 0 Å². The number of aromatic nitrogens is 2. The molecule has 1 aromatic heterocycles. The Bertz CT molecular complexity index is 823. The van der Waals surface area contributed by atoms with Crippen LogP contribution >= 0.6 is 0 Å². The number of rotatable bonds is 6. The van der Waals surface area contributed by atoms with E-state index in [9.17, 15) is 13.2 Å². The third-order valence-corrected chi connectivity index (χ3v) is 5.21. The zero-order valence-electron chi connectivity index (χ0n) is 13.2. The lowest BCUT2D eigenvalue weighted by atomic mass is 10.1. The fourth-order valence-electron chi connectivity index (χ4n) is 2.35. The summed E-state index contributed by atoms with van der Waals surface area (Å²) in [4.78, 5) is 10.8. The van der Waals surface area contributed by atoms with Gasteiger partial charge in [0.2, 0.25) is 10.0 Å². The third-order valence-electron chi connectivity index (χ3n) is 3.74. The molecule has 0 spiro atoms. The number of hydrogen-bond donors (Lipinski definition) is 2. The van der Waals surface area contributed by atoms with Crippen LogP contribution in [0, 0.1) is 13.8 Å². The maximum atomic E-state index is 12.2.